The summed E-state index contributed by atoms with van der Waals surface area (Å²) in [6, 6.07) is 0. The highest BCUT2D eigenvalue weighted by Gasteiger charge is 2.43. The van der Waals surface area contributed by atoms with Crippen molar-refractivity contribution in [3.63, 3.8) is 0 Å². The molecular formula is C16H28O18P2S4. The lowest BCUT2D eigenvalue weighted by Crippen LogP contribution is -2.23. The van der Waals surface area contributed by atoms with Gasteiger partial charge in [0.1, 0.15) is 47.4 Å². The third-order valence-corrected chi connectivity index (χ3v) is 15.0. The minimum absolute atomic E-state index is 0.0480. The highest BCUT2D eigenvalue weighted by atomic mass is 32.2. The molecule has 40 heavy (non-hydrogen) atoms. The molecule has 0 aromatic carbocycles. The minimum Gasteiger partial charge on any atom is -0.302 e. The van der Waals surface area contributed by atoms with Crippen molar-refractivity contribution in [1.82, 2.24) is 0 Å². The molecule has 18 nitrogen and oxygen atoms in total. The van der Waals surface area contributed by atoms with Crippen molar-refractivity contribution in [1.29, 1.82) is 0 Å². The highest BCUT2D eigenvalue weighted by Crippen LogP contribution is 2.55. The average Bonchev–Trinajstić information content (AvgIpc) is 3.52. The van der Waals surface area contributed by atoms with Gasteiger partial charge in [-0.2, -0.15) is 33.7 Å². The predicted molar refractivity (Wildman–Crippen MR) is 133 cm³/mol. The maximum absolute atomic E-state index is 13.5. The van der Waals surface area contributed by atoms with Gasteiger partial charge in [0, 0.05) is 0 Å². The summed E-state index contributed by atoms with van der Waals surface area (Å²) in [4.78, 5) is 0. The molecule has 4 heterocycles. The molecule has 0 bridgehead atoms. The highest BCUT2D eigenvalue weighted by molar-refractivity contribution is 7.87. The molecule has 0 aromatic heterocycles. The molecule has 0 N–H and O–H groups in total. The van der Waals surface area contributed by atoms with E-state index in [1.807, 2.05) is 0 Å². The molecule has 24 heteroatoms. The zero-order valence-corrected chi connectivity index (χ0v) is 25.7. The van der Waals surface area contributed by atoms with Crippen LogP contribution in [-0.4, -0.2) is 120 Å². The monoisotopic (exact) mass is 698 g/mol. The van der Waals surface area contributed by atoms with Crippen LogP contribution in [0.4, 0.5) is 0 Å². The summed E-state index contributed by atoms with van der Waals surface area (Å²) in [5, 5.41) is 0. The molecule has 0 aromatic rings. The van der Waals surface area contributed by atoms with E-state index in [1.54, 1.807) is 0 Å². The van der Waals surface area contributed by atoms with Gasteiger partial charge in [-0.05, 0) is 12.8 Å². The van der Waals surface area contributed by atoms with Crippen LogP contribution in [0.15, 0.2) is 0 Å². The maximum Gasteiger partial charge on any atom is 0.331 e. The molecule has 4 atom stereocenters. The normalized spacial score (nSPS) is 35.3. The van der Waals surface area contributed by atoms with E-state index in [4.69, 9.17) is 18.1 Å². The van der Waals surface area contributed by atoms with E-state index in [-0.39, 0.29) is 25.2 Å². The van der Waals surface area contributed by atoms with Crippen LogP contribution < -0.4 is 0 Å². The SMILES string of the molecule is O=P(CCCCP(=O)(OC1COS(=O)(=O)C1)OC1COS(=O)(=O)C1)(OC1COS(=O)(=O)C1)OC1COS(=O)(=O)C1. The topological polar surface area (TPSA) is 245 Å². The van der Waals surface area contributed by atoms with Gasteiger partial charge in [0.25, 0.3) is 40.5 Å². The molecule has 234 valence electrons. The lowest BCUT2D eigenvalue weighted by molar-refractivity contribution is 0.103. The summed E-state index contributed by atoms with van der Waals surface area (Å²) >= 11 is 0. The summed E-state index contributed by atoms with van der Waals surface area (Å²) in [6.45, 7) is -1.70. The number of hydrogen-bond donors (Lipinski definition) is 0. The van der Waals surface area contributed by atoms with Crippen LogP contribution >= 0.6 is 15.2 Å². The Bertz CT molecular complexity index is 1260. The Balaban J connectivity index is 1.40. The Morgan fingerprint density at radius 3 is 0.875 bits per heavy atom. The minimum atomic E-state index is -4.16. The number of unbranched alkanes of at least 4 members (excludes halogenated alkanes) is 1. The van der Waals surface area contributed by atoms with E-state index in [0.717, 1.165) is 0 Å². The van der Waals surface area contributed by atoms with Crippen LogP contribution in [0.2, 0.25) is 0 Å². The van der Waals surface area contributed by atoms with E-state index in [2.05, 4.69) is 16.7 Å². The first-order valence-electron chi connectivity index (χ1n) is 11.7. The Labute approximate surface area is 231 Å². The molecule has 0 saturated carbocycles. The maximum atomic E-state index is 13.5. The first kappa shape index (κ1) is 32.8. The fourth-order valence-electron chi connectivity index (χ4n) is 4.04. The van der Waals surface area contributed by atoms with Gasteiger partial charge in [-0.1, -0.05) is 0 Å². The van der Waals surface area contributed by atoms with E-state index in [0.29, 0.717) is 0 Å². The van der Waals surface area contributed by atoms with E-state index >= 15 is 0 Å². The molecule has 4 rings (SSSR count). The van der Waals surface area contributed by atoms with Crippen LogP contribution in [0.3, 0.4) is 0 Å². The summed E-state index contributed by atoms with van der Waals surface area (Å²) in [6.07, 6.45) is -5.45. The Morgan fingerprint density at radius 2 is 0.700 bits per heavy atom. The summed E-state index contributed by atoms with van der Waals surface area (Å²) in [7, 11) is -23.9. The van der Waals surface area contributed by atoms with Crippen molar-refractivity contribution in [3.8, 4) is 0 Å². The van der Waals surface area contributed by atoms with Crippen molar-refractivity contribution in [2.24, 2.45) is 0 Å². The standard InChI is InChI=1S/C16H28O18P2S4/c17-35(31-13-5-27-37(19,20)9-13,32-14-6-28-38(21,22)10-14)3-1-2-4-36(18,33-15-7-29-39(23,24)11-15)34-16-8-30-40(25,26)12-16/h13-16H,1-12H2. The van der Waals surface area contributed by atoms with Crippen molar-refractivity contribution in [2.45, 2.75) is 37.3 Å². The molecule has 0 spiro atoms. The van der Waals surface area contributed by atoms with Gasteiger partial charge >= 0.3 is 15.2 Å². The van der Waals surface area contributed by atoms with Crippen LogP contribution in [-0.2, 0) is 84.4 Å². The smallest absolute Gasteiger partial charge is 0.302 e. The molecule has 0 amide bonds. The average molecular weight is 699 g/mol. The quantitative estimate of drug-likeness (QED) is 0.129. The molecular weight excluding hydrogens is 670 g/mol. The number of rotatable bonds is 13. The number of hydrogen-bond acceptors (Lipinski definition) is 18. The summed E-state index contributed by atoms with van der Waals surface area (Å²) < 4.78 is 160. The van der Waals surface area contributed by atoms with Crippen LogP contribution in [0.1, 0.15) is 12.8 Å². The van der Waals surface area contributed by atoms with Gasteiger partial charge < -0.3 is 18.1 Å². The Morgan fingerprint density at radius 1 is 0.475 bits per heavy atom. The molecule has 4 saturated heterocycles. The van der Waals surface area contributed by atoms with Gasteiger partial charge in [-0.15, -0.1) is 0 Å². The zero-order chi connectivity index (χ0) is 29.5. The molecule has 0 aliphatic carbocycles. The third-order valence-electron chi connectivity index (χ3n) is 5.65. The van der Waals surface area contributed by atoms with Crippen molar-refractivity contribution in [2.75, 3.05) is 61.8 Å². The zero-order valence-electron chi connectivity index (χ0n) is 20.7. The second-order valence-electron chi connectivity index (χ2n) is 9.32. The van der Waals surface area contributed by atoms with Crippen molar-refractivity contribution in [3.05, 3.63) is 0 Å². The van der Waals surface area contributed by atoms with Gasteiger partial charge in [0.2, 0.25) is 0 Å². The van der Waals surface area contributed by atoms with E-state index < -0.39 is 130 Å². The molecule has 4 unspecified atom stereocenters. The van der Waals surface area contributed by atoms with Gasteiger partial charge in [-0.3, -0.25) is 25.9 Å². The summed E-state index contributed by atoms with van der Waals surface area (Å²) in [5.74, 6) is -2.41. The van der Waals surface area contributed by atoms with Crippen molar-refractivity contribution >= 4 is 55.7 Å². The Kier molecular flexibility index (Phi) is 9.97. The van der Waals surface area contributed by atoms with Crippen molar-refractivity contribution < 1.29 is 77.6 Å². The first-order chi connectivity index (χ1) is 18.3. The van der Waals surface area contributed by atoms with Gasteiger partial charge in [-0.25, -0.2) is 0 Å². The van der Waals surface area contributed by atoms with Gasteiger partial charge in [0.05, 0.1) is 38.8 Å². The molecule has 0 radical (unpaired) electrons. The molecule has 4 aliphatic heterocycles. The Hall–Kier alpha value is -0.0600. The molecule has 4 fully saturated rings. The third kappa shape index (κ3) is 9.73. The van der Waals surface area contributed by atoms with Crippen LogP contribution in [0.25, 0.3) is 0 Å². The fourth-order valence-corrected chi connectivity index (χ4v) is 12.8. The fraction of sp³-hybridized carbons (Fsp3) is 1.00. The second kappa shape index (κ2) is 12.1. The molecule has 4 aliphatic rings. The lowest BCUT2D eigenvalue weighted by Gasteiger charge is -2.25. The van der Waals surface area contributed by atoms with Crippen LogP contribution in [0, 0.1) is 0 Å². The second-order valence-corrected chi connectivity index (χ2v) is 20.2. The lowest BCUT2D eigenvalue weighted by atomic mass is 10.4. The summed E-state index contributed by atoms with van der Waals surface area (Å²) in [5.41, 5.74) is 0. The van der Waals surface area contributed by atoms with Gasteiger partial charge in [0.15, 0.2) is 0 Å². The van der Waals surface area contributed by atoms with Crippen LogP contribution in [0.5, 0.6) is 0 Å². The predicted octanol–water partition coefficient (Wildman–Crippen LogP) is -0.866. The largest absolute Gasteiger partial charge is 0.331 e. The van der Waals surface area contributed by atoms with E-state index in [1.165, 1.54) is 0 Å². The van der Waals surface area contributed by atoms with E-state index in [9.17, 15) is 42.8 Å². The first-order valence-corrected chi connectivity index (χ1v) is 21.5.